The summed E-state index contributed by atoms with van der Waals surface area (Å²) in [5.74, 6) is 0.714. The summed E-state index contributed by atoms with van der Waals surface area (Å²) in [5.41, 5.74) is 1.17. The molecule has 1 heterocycles. The Morgan fingerprint density at radius 1 is 1.36 bits per heavy atom. The smallest absolute Gasteiger partial charge is 0.0439 e. The van der Waals surface area contributed by atoms with Gasteiger partial charge in [0, 0.05) is 10.0 Å². The van der Waals surface area contributed by atoms with Crippen molar-refractivity contribution in [3.8, 4) is 0 Å². The van der Waals surface area contributed by atoms with E-state index in [9.17, 15) is 0 Å². The number of benzene rings is 1. The summed E-state index contributed by atoms with van der Waals surface area (Å²) in [6, 6.07) is 5.68. The molecule has 1 unspecified atom stereocenters. The van der Waals surface area contributed by atoms with Gasteiger partial charge in [-0.1, -0.05) is 23.2 Å². The molecule has 76 valence electrons. The molecule has 0 aliphatic carbocycles. The fourth-order valence-corrected chi connectivity index (χ4v) is 2.29. The van der Waals surface area contributed by atoms with Crippen molar-refractivity contribution in [2.45, 2.75) is 12.8 Å². The monoisotopic (exact) mass is 229 g/mol. The molecule has 3 heteroatoms. The lowest BCUT2D eigenvalue weighted by atomic mass is 9.99. The Bertz CT molecular complexity index is 319. The van der Waals surface area contributed by atoms with Crippen LogP contribution >= 0.6 is 23.2 Å². The minimum Gasteiger partial charge on any atom is -0.316 e. The lowest BCUT2D eigenvalue weighted by Gasteiger charge is -2.09. The predicted molar refractivity (Wildman–Crippen MR) is 61.1 cm³/mol. The highest BCUT2D eigenvalue weighted by molar-refractivity contribution is 6.33. The fourth-order valence-electron chi connectivity index (χ4n) is 1.90. The molecule has 0 radical (unpaired) electrons. The second kappa shape index (κ2) is 4.52. The first kappa shape index (κ1) is 10.3. The van der Waals surface area contributed by atoms with Gasteiger partial charge in [-0.2, -0.15) is 0 Å². The van der Waals surface area contributed by atoms with E-state index >= 15 is 0 Å². The van der Waals surface area contributed by atoms with E-state index in [2.05, 4.69) is 5.32 Å². The molecular formula is C11H13Cl2N. The van der Waals surface area contributed by atoms with Crippen LogP contribution in [-0.4, -0.2) is 13.1 Å². The summed E-state index contributed by atoms with van der Waals surface area (Å²) in [6.45, 7) is 2.23. The van der Waals surface area contributed by atoms with Crippen LogP contribution in [0.3, 0.4) is 0 Å². The van der Waals surface area contributed by atoms with Crippen LogP contribution in [0, 0.1) is 5.92 Å². The van der Waals surface area contributed by atoms with Crippen molar-refractivity contribution < 1.29 is 0 Å². The van der Waals surface area contributed by atoms with Crippen molar-refractivity contribution in [1.29, 1.82) is 0 Å². The van der Waals surface area contributed by atoms with Gasteiger partial charge in [0.1, 0.15) is 0 Å². The molecular weight excluding hydrogens is 217 g/mol. The molecule has 1 aliphatic heterocycles. The first-order chi connectivity index (χ1) is 6.75. The number of rotatable bonds is 2. The second-order valence-electron chi connectivity index (χ2n) is 3.80. The van der Waals surface area contributed by atoms with Gasteiger partial charge in [0.2, 0.25) is 0 Å². The summed E-state index contributed by atoms with van der Waals surface area (Å²) < 4.78 is 0. The molecule has 1 aromatic rings. The molecule has 0 saturated carbocycles. The summed E-state index contributed by atoms with van der Waals surface area (Å²) in [4.78, 5) is 0. The summed E-state index contributed by atoms with van der Waals surface area (Å²) in [7, 11) is 0. The Morgan fingerprint density at radius 3 is 2.93 bits per heavy atom. The van der Waals surface area contributed by atoms with E-state index < -0.39 is 0 Å². The quantitative estimate of drug-likeness (QED) is 0.822. The first-order valence-corrected chi connectivity index (χ1v) is 5.66. The Morgan fingerprint density at radius 2 is 2.21 bits per heavy atom. The number of nitrogens with one attached hydrogen (secondary N) is 1. The second-order valence-corrected chi connectivity index (χ2v) is 4.64. The molecule has 0 amide bonds. The van der Waals surface area contributed by atoms with Crippen molar-refractivity contribution >= 4 is 23.2 Å². The van der Waals surface area contributed by atoms with Gasteiger partial charge in [-0.25, -0.2) is 0 Å². The third kappa shape index (κ3) is 2.41. The lowest BCUT2D eigenvalue weighted by Crippen LogP contribution is -2.10. The zero-order chi connectivity index (χ0) is 9.97. The molecule has 1 saturated heterocycles. The Hall–Kier alpha value is -0.240. The molecule has 0 spiro atoms. The average Bonchev–Trinajstić information content (AvgIpc) is 2.64. The van der Waals surface area contributed by atoms with E-state index in [1.165, 1.54) is 12.0 Å². The van der Waals surface area contributed by atoms with Crippen molar-refractivity contribution in [2.24, 2.45) is 5.92 Å². The van der Waals surface area contributed by atoms with Gasteiger partial charge in [-0.15, -0.1) is 0 Å². The Labute approximate surface area is 94.4 Å². The lowest BCUT2D eigenvalue weighted by molar-refractivity contribution is 0.580. The molecule has 0 bridgehead atoms. The number of halogens is 2. The van der Waals surface area contributed by atoms with Crippen molar-refractivity contribution in [1.82, 2.24) is 5.32 Å². The highest BCUT2D eigenvalue weighted by Gasteiger charge is 2.16. The minimum absolute atomic E-state index is 0.714. The molecule has 1 N–H and O–H groups in total. The van der Waals surface area contributed by atoms with Crippen molar-refractivity contribution in [3.63, 3.8) is 0 Å². The number of hydrogen-bond donors (Lipinski definition) is 1. The Kier molecular flexibility index (Phi) is 3.32. The summed E-state index contributed by atoms with van der Waals surface area (Å²) in [5, 5.41) is 4.96. The largest absolute Gasteiger partial charge is 0.316 e. The average molecular weight is 230 g/mol. The highest BCUT2D eigenvalue weighted by Crippen LogP contribution is 2.24. The standard InChI is InChI=1S/C11H13Cl2N/c12-10-1-2-11(13)9(6-10)5-8-3-4-14-7-8/h1-2,6,8,14H,3-5,7H2. The summed E-state index contributed by atoms with van der Waals surface area (Å²) >= 11 is 12.0. The zero-order valence-electron chi connectivity index (χ0n) is 7.89. The van der Waals surface area contributed by atoms with E-state index in [0.717, 1.165) is 29.6 Å². The third-order valence-electron chi connectivity index (χ3n) is 2.68. The molecule has 1 aromatic carbocycles. The van der Waals surface area contributed by atoms with Gasteiger partial charge < -0.3 is 5.32 Å². The van der Waals surface area contributed by atoms with Crippen molar-refractivity contribution in [2.75, 3.05) is 13.1 Å². The van der Waals surface area contributed by atoms with Crippen molar-refractivity contribution in [3.05, 3.63) is 33.8 Å². The zero-order valence-corrected chi connectivity index (χ0v) is 9.41. The minimum atomic E-state index is 0.714. The van der Waals surface area contributed by atoms with Gasteiger partial charge in [0.25, 0.3) is 0 Å². The fraction of sp³-hybridized carbons (Fsp3) is 0.455. The van der Waals surface area contributed by atoms with E-state index in [4.69, 9.17) is 23.2 Å². The van der Waals surface area contributed by atoms with Gasteiger partial charge in [-0.05, 0) is 55.6 Å². The molecule has 2 rings (SSSR count). The third-order valence-corrected chi connectivity index (χ3v) is 3.28. The van der Waals surface area contributed by atoms with Crippen LogP contribution < -0.4 is 5.32 Å². The SMILES string of the molecule is Clc1ccc(Cl)c(CC2CCNC2)c1. The van der Waals surface area contributed by atoms with Crippen LogP contribution in [0.4, 0.5) is 0 Å². The number of hydrogen-bond acceptors (Lipinski definition) is 1. The van der Waals surface area contributed by atoms with Gasteiger partial charge in [-0.3, -0.25) is 0 Å². The van der Waals surface area contributed by atoms with Gasteiger partial charge in [0.15, 0.2) is 0 Å². The maximum absolute atomic E-state index is 6.10. The molecule has 14 heavy (non-hydrogen) atoms. The van der Waals surface area contributed by atoms with E-state index in [1.807, 2.05) is 18.2 Å². The van der Waals surface area contributed by atoms with E-state index in [-0.39, 0.29) is 0 Å². The van der Waals surface area contributed by atoms with E-state index in [0.29, 0.717) is 5.92 Å². The van der Waals surface area contributed by atoms with Crippen LogP contribution in [0.5, 0.6) is 0 Å². The van der Waals surface area contributed by atoms with Crippen LogP contribution in [0.1, 0.15) is 12.0 Å². The normalized spacial score (nSPS) is 21.4. The maximum Gasteiger partial charge on any atom is 0.0439 e. The molecule has 1 fully saturated rings. The summed E-state index contributed by atoms with van der Waals surface area (Å²) in [6.07, 6.45) is 2.27. The molecule has 1 aliphatic rings. The Balaban J connectivity index is 2.10. The molecule has 1 nitrogen and oxygen atoms in total. The molecule has 0 aromatic heterocycles. The van der Waals surface area contributed by atoms with E-state index in [1.54, 1.807) is 0 Å². The van der Waals surface area contributed by atoms with Crippen LogP contribution in [-0.2, 0) is 6.42 Å². The highest BCUT2D eigenvalue weighted by atomic mass is 35.5. The van der Waals surface area contributed by atoms with Crippen LogP contribution in [0.25, 0.3) is 0 Å². The van der Waals surface area contributed by atoms with Crippen LogP contribution in [0.2, 0.25) is 10.0 Å². The van der Waals surface area contributed by atoms with Crippen LogP contribution in [0.15, 0.2) is 18.2 Å². The topological polar surface area (TPSA) is 12.0 Å². The first-order valence-electron chi connectivity index (χ1n) is 4.90. The molecule has 1 atom stereocenters. The van der Waals surface area contributed by atoms with Gasteiger partial charge in [0.05, 0.1) is 0 Å². The predicted octanol–water partition coefficient (Wildman–Crippen LogP) is 3.15. The van der Waals surface area contributed by atoms with Gasteiger partial charge >= 0.3 is 0 Å². The maximum atomic E-state index is 6.10.